The van der Waals surface area contributed by atoms with Crippen molar-refractivity contribution in [3.05, 3.63) is 24.3 Å². The van der Waals surface area contributed by atoms with Crippen molar-refractivity contribution in [3.8, 4) is 0 Å². The molecule has 5 atom stereocenters. The van der Waals surface area contributed by atoms with Crippen molar-refractivity contribution in [2.45, 2.75) is 83.0 Å². The Morgan fingerprint density at radius 3 is 2.60 bits per heavy atom. The highest BCUT2D eigenvalue weighted by Crippen LogP contribution is 2.37. The molecule has 0 saturated heterocycles. The summed E-state index contributed by atoms with van der Waals surface area (Å²) in [5.41, 5.74) is 0. The van der Waals surface area contributed by atoms with E-state index in [0.717, 1.165) is 6.42 Å². The van der Waals surface area contributed by atoms with Crippen LogP contribution in [-0.4, -0.2) is 44.7 Å². The number of carboxylic acid groups (broad SMARTS) is 1. The molecule has 0 unspecified atom stereocenters. The summed E-state index contributed by atoms with van der Waals surface area (Å²) in [4.78, 5) is 10.6. The zero-order valence-corrected chi connectivity index (χ0v) is 15.3. The van der Waals surface area contributed by atoms with Crippen LogP contribution in [0.5, 0.6) is 0 Å². The Kier molecular flexibility index (Phi) is 10.7. The van der Waals surface area contributed by atoms with Crippen LogP contribution < -0.4 is 0 Å². The summed E-state index contributed by atoms with van der Waals surface area (Å²) < 4.78 is 0. The third kappa shape index (κ3) is 8.66. The number of rotatable bonds is 12. The molecule has 0 heterocycles. The average molecular weight is 354 g/mol. The Balaban J connectivity index is 2.44. The highest BCUT2D eigenvalue weighted by atomic mass is 16.4. The molecule has 1 rings (SSSR count). The van der Waals surface area contributed by atoms with Crippen molar-refractivity contribution in [3.63, 3.8) is 0 Å². The number of unbranched alkanes of at least 4 members (excludes halogenated alkanes) is 3. The van der Waals surface area contributed by atoms with E-state index in [-0.39, 0.29) is 18.3 Å². The number of aliphatic hydroxyl groups excluding tert-OH is 3. The summed E-state index contributed by atoms with van der Waals surface area (Å²) in [5.74, 6) is -1.23. The molecular weight excluding hydrogens is 320 g/mol. The van der Waals surface area contributed by atoms with Gasteiger partial charge in [-0.15, -0.1) is 0 Å². The Labute approximate surface area is 151 Å². The van der Waals surface area contributed by atoms with Crippen molar-refractivity contribution in [2.24, 2.45) is 11.8 Å². The lowest BCUT2D eigenvalue weighted by molar-refractivity contribution is -0.137. The molecule has 144 valence electrons. The average Bonchev–Trinajstić information content (AvgIpc) is 2.82. The fourth-order valence-electron chi connectivity index (χ4n) is 3.47. The lowest BCUT2D eigenvalue weighted by Gasteiger charge is -2.20. The van der Waals surface area contributed by atoms with E-state index in [4.69, 9.17) is 5.11 Å². The standard InChI is InChI=1S/C20H34O5/c1-2-3-4-5-6-7-9-15(21)12-13-17-16(10-8-11-20(24)25)18(22)14-19(17)23/h6-7,12-13,15-19,21-23H,2-5,8-11,14H2,1H3,(H,24,25)/b7-6-,13-12+/t15-,16+,17-,18+,19-/m1/s1. The quantitative estimate of drug-likeness (QED) is 0.319. The number of carboxylic acids is 1. The maximum absolute atomic E-state index is 10.6. The molecule has 1 fully saturated rings. The lowest BCUT2D eigenvalue weighted by Crippen LogP contribution is -2.21. The van der Waals surface area contributed by atoms with Gasteiger partial charge in [-0.05, 0) is 38.0 Å². The fourth-order valence-corrected chi connectivity index (χ4v) is 3.47. The highest BCUT2D eigenvalue weighted by Gasteiger charge is 2.39. The smallest absolute Gasteiger partial charge is 0.303 e. The first-order valence-corrected chi connectivity index (χ1v) is 9.55. The minimum absolute atomic E-state index is 0.0706. The van der Waals surface area contributed by atoms with Crippen LogP contribution in [0.25, 0.3) is 0 Å². The van der Waals surface area contributed by atoms with E-state index in [9.17, 15) is 20.1 Å². The second-order valence-corrected chi connectivity index (χ2v) is 7.05. The predicted molar refractivity (Wildman–Crippen MR) is 98.1 cm³/mol. The van der Waals surface area contributed by atoms with Crippen LogP contribution in [-0.2, 0) is 4.79 Å². The summed E-state index contributed by atoms with van der Waals surface area (Å²) >= 11 is 0. The van der Waals surface area contributed by atoms with Crippen LogP contribution in [0.3, 0.4) is 0 Å². The van der Waals surface area contributed by atoms with Gasteiger partial charge in [0.2, 0.25) is 0 Å². The predicted octanol–water partition coefficient (Wildman–Crippen LogP) is 3.04. The molecule has 1 saturated carbocycles. The summed E-state index contributed by atoms with van der Waals surface area (Å²) in [7, 11) is 0. The Bertz CT molecular complexity index is 432. The molecule has 0 aromatic rings. The molecule has 5 heteroatoms. The third-order valence-corrected chi connectivity index (χ3v) is 4.92. The van der Waals surface area contributed by atoms with Crippen molar-refractivity contribution >= 4 is 5.97 Å². The molecule has 0 radical (unpaired) electrons. The minimum Gasteiger partial charge on any atom is -0.481 e. The number of aliphatic hydroxyl groups is 3. The van der Waals surface area contributed by atoms with E-state index >= 15 is 0 Å². The Morgan fingerprint density at radius 1 is 1.16 bits per heavy atom. The van der Waals surface area contributed by atoms with Gasteiger partial charge in [0.25, 0.3) is 0 Å². The summed E-state index contributed by atoms with van der Waals surface area (Å²) in [5, 5.41) is 39.0. The van der Waals surface area contributed by atoms with Gasteiger partial charge in [0.15, 0.2) is 0 Å². The van der Waals surface area contributed by atoms with E-state index in [1.54, 1.807) is 12.2 Å². The molecule has 1 aliphatic rings. The molecule has 0 aliphatic heterocycles. The molecule has 0 amide bonds. The molecule has 0 bridgehead atoms. The van der Waals surface area contributed by atoms with Crippen LogP contribution in [0.4, 0.5) is 0 Å². The minimum atomic E-state index is -0.846. The fraction of sp³-hybridized carbons (Fsp3) is 0.750. The topological polar surface area (TPSA) is 98.0 Å². The zero-order chi connectivity index (χ0) is 18.7. The van der Waals surface area contributed by atoms with Gasteiger partial charge in [0.05, 0.1) is 18.3 Å². The van der Waals surface area contributed by atoms with E-state index < -0.39 is 24.3 Å². The van der Waals surface area contributed by atoms with Crippen LogP contribution in [0.15, 0.2) is 24.3 Å². The lowest BCUT2D eigenvalue weighted by atomic mass is 9.88. The van der Waals surface area contributed by atoms with Gasteiger partial charge in [-0.3, -0.25) is 4.79 Å². The normalized spacial score (nSPS) is 28.2. The van der Waals surface area contributed by atoms with Crippen molar-refractivity contribution in [1.29, 1.82) is 0 Å². The third-order valence-electron chi connectivity index (χ3n) is 4.92. The SMILES string of the molecule is CCCCC/C=C\C[C@@H](O)/C=C/[C@@H]1[C@H](CCCC(=O)O)[C@@H](O)C[C@H]1O. The molecule has 25 heavy (non-hydrogen) atoms. The van der Waals surface area contributed by atoms with Crippen LogP contribution in [0, 0.1) is 11.8 Å². The van der Waals surface area contributed by atoms with Gasteiger partial charge < -0.3 is 20.4 Å². The molecule has 4 N–H and O–H groups in total. The summed E-state index contributed by atoms with van der Waals surface area (Å²) in [6.45, 7) is 2.17. The van der Waals surface area contributed by atoms with Gasteiger partial charge in [0.1, 0.15) is 0 Å². The van der Waals surface area contributed by atoms with Gasteiger partial charge in [-0.1, -0.05) is 44.1 Å². The van der Waals surface area contributed by atoms with Crippen molar-refractivity contribution < 1.29 is 25.2 Å². The van der Waals surface area contributed by atoms with Crippen molar-refractivity contribution in [2.75, 3.05) is 0 Å². The molecule has 0 spiro atoms. The summed E-state index contributed by atoms with van der Waals surface area (Å²) in [6.07, 6.45) is 12.3. The van der Waals surface area contributed by atoms with E-state index in [0.29, 0.717) is 25.7 Å². The number of allylic oxidation sites excluding steroid dienone is 1. The zero-order valence-electron chi connectivity index (χ0n) is 15.3. The number of hydrogen-bond acceptors (Lipinski definition) is 4. The van der Waals surface area contributed by atoms with Gasteiger partial charge in [-0.2, -0.15) is 0 Å². The second-order valence-electron chi connectivity index (χ2n) is 7.05. The first-order valence-electron chi connectivity index (χ1n) is 9.55. The maximum Gasteiger partial charge on any atom is 0.303 e. The number of aliphatic carboxylic acids is 1. The molecule has 1 aliphatic carbocycles. The Morgan fingerprint density at radius 2 is 1.92 bits per heavy atom. The monoisotopic (exact) mass is 354 g/mol. The van der Waals surface area contributed by atoms with Crippen molar-refractivity contribution in [1.82, 2.24) is 0 Å². The van der Waals surface area contributed by atoms with Gasteiger partial charge >= 0.3 is 5.97 Å². The van der Waals surface area contributed by atoms with Crippen LogP contribution in [0.2, 0.25) is 0 Å². The maximum atomic E-state index is 10.6. The van der Waals surface area contributed by atoms with E-state index in [1.807, 2.05) is 6.08 Å². The van der Waals surface area contributed by atoms with Crippen LogP contribution in [0.1, 0.15) is 64.7 Å². The summed E-state index contributed by atoms with van der Waals surface area (Å²) in [6, 6.07) is 0. The van der Waals surface area contributed by atoms with Gasteiger partial charge in [-0.25, -0.2) is 0 Å². The molecule has 0 aromatic heterocycles. The highest BCUT2D eigenvalue weighted by molar-refractivity contribution is 5.66. The molecule has 5 nitrogen and oxygen atoms in total. The molecule has 0 aromatic carbocycles. The van der Waals surface area contributed by atoms with E-state index in [1.165, 1.54) is 19.3 Å². The number of hydrogen-bond donors (Lipinski definition) is 4. The first kappa shape index (κ1) is 21.9. The second kappa shape index (κ2) is 12.2. The largest absolute Gasteiger partial charge is 0.481 e. The van der Waals surface area contributed by atoms with Gasteiger partial charge in [0, 0.05) is 18.8 Å². The number of carbonyl (C=O) groups is 1. The van der Waals surface area contributed by atoms with E-state index in [2.05, 4.69) is 13.0 Å². The Hall–Kier alpha value is -1.17. The van der Waals surface area contributed by atoms with Crippen LogP contribution >= 0.6 is 0 Å². The first-order chi connectivity index (χ1) is 12.0. The molecular formula is C20H34O5.